The Labute approximate surface area is 155 Å². The number of hydrogen-bond acceptors (Lipinski definition) is 4. The maximum atomic E-state index is 6.32. The normalized spacial score (nSPS) is 11.9. The predicted octanol–water partition coefficient (Wildman–Crippen LogP) is 4.61. The summed E-state index contributed by atoms with van der Waals surface area (Å²) in [6, 6.07) is 11.8. The third-order valence-electron chi connectivity index (χ3n) is 4.02. The Balaban J connectivity index is 1.93. The Bertz CT molecular complexity index is 673. The Hall–Kier alpha value is -1.91. The molecule has 0 aliphatic heterocycles. The standard InChI is InChI=1S/C20H26ClNO3/c1-5-16(25-17-8-6-14(2)7-9-17)13-22-12-15-10-19(23-3)20(24-4)11-18(15)21/h6-11,16,22H,5,12-13H2,1-4H3. The van der Waals surface area contributed by atoms with Gasteiger partial charge in [-0.3, -0.25) is 0 Å². The van der Waals surface area contributed by atoms with E-state index in [1.807, 2.05) is 18.2 Å². The highest BCUT2D eigenvalue weighted by molar-refractivity contribution is 6.31. The van der Waals surface area contributed by atoms with E-state index in [1.54, 1.807) is 20.3 Å². The molecular weight excluding hydrogens is 338 g/mol. The number of rotatable bonds is 9. The average Bonchev–Trinajstić information content (AvgIpc) is 2.63. The molecule has 0 saturated carbocycles. The fourth-order valence-electron chi connectivity index (χ4n) is 2.48. The maximum Gasteiger partial charge on any atom is 0.162 e. The second kappa shape index (κ2) is 9.54. The van der Waals surface area contributed by atoms with E-state index in [1.165, 1.54) is 5.56 Å². The van der Waals surface area contributed by atoms with Gasteiger partial charge in [-0.15, -0.1) is 0 Å². The second-order valence-corrected chi connectivity index (χ2v) is 6.30. The quantitative estimate of drug-likeness (QED) is 0.706. The van der Waals surface area contributed by atoms with Crippen LogP contribution in [0, 0.1) is 6.92 Å². The van der Waals surface area contributed by atoms with Crippen molar-refractivity contribution in [1.82, 2.24) is 5.32 Å². The highest BCUT2D eigenvalue weighted by Crippen LogP contribution is 2.33. The van der Waals surface area contributed by atoms with Crippen molar-refractivity contribution in [2.45, 2.75) is 32.9 Å². The Kier molecular flexibility index (Phi) is 7.41. The molecule has 0 amide bonds. The highest BCUT2D eigenvalue weighted by atomic mass is 35.5. The molecule has 0 saturated heterocycles. The number of methoxy groups -OCH3 is 2. The van der Waals surface area contributed by atoms with Crippen LogP contribution in [0.4, 0.5) is 0 Å². The van der Waals surface area contributed by atoms with Crippen LogP contribution in [-0.4, -0.2) is 26.9 Å². The highest BCUT2D eigenvalue weighted by Gasteiger charge is 2.12. The number of ether oxygens (including phenoxy) is 3. The van der Waals surface area contributed by atoms with Gasteiger partial charge in [-0.25, -0.2) is 0 Å². The summed E-state index contributed by atoms with van der Waals surface area (Å²) in [6.45, 7) is 5.54. The lowest BCUT2D eigenvalue weighted by molar-refractivity contribution is 0.193. The molecular formula is C20H26ClNO3. The van der Waals surface area contributed by atoms with Crippen LogP contribution in [0.25, 0.3) is 0 Å². The molecule has 4 nitrogen and oxygen atoms in total. The van der Waals surface area contributed by atoms with Gasteiger partial charge in [0.25, 0.3) is 0 Å². The molecule has 0 aromatic heterocycles. The van der Waals surface area contributed by atoms with Crippen molar-refractivity contribution in [1.29, 1.82) is 0 Å². The zero-order valence-electron chi connectivity index (χ0n) is 15.3. The minimum atomic E-state index is 0.0987. The van der Waals surface area contributed by atoms with Gasteiger partial charge in [-0.2, -0.15) is 0 Å². The molecule has 2 aromatic rings. The monoisotopic (exact) mass is 363 g/mol. The number of hydrogen-bond donors (Lipinski definition) is 1. The molecule has 25 heavy (non-hydrogen) atoms. The van der Waals surface area contributed by atoms with Crippen LogP contribution in [0.1, 0.15) is 24.5 Å². The van der Waals surface area contributed by atoms with E-state index in [0.29, 0.717) is 23.1 Å². The first kappa shape index (κ1) is 19.4. The topological polar surface area (TPSA) is 39.7 Å². The molecule has 2 aromatic carbocycles. The van der Waals surface area contributed by atoms with Gasteiger partial charge in [-0.1, -0.05) is 36.2 Å². The van der Waals surface area contributed by atoms with Gasteiger partial charge in [0.05, 0.1) is 14.2 Å². The molecule has 0 bridgehead atoms. The van der Waals surface area contributed by atoms with Crippen LogP contribution in [0.3, 0.4) is 0 Å². The predicted molar refractivity (Wildman–Crippen MR) is 102 cm³/mol. The van der Waals surface area contributed by atoms with Crippen molar-refractivity contribution in [2.75, 3.05) is 20.8 Å². The van der Waals surface area contributed by atoms with E-state index in [-0.39, 0.29) is 6.10 Å². The molecule has 0 radical (unpaired) electrons. The lowest BCUT2D eigenvalue weighted by Crippen LogP contribution is -2.30. The number of halogens is 1. The van der Waals surface area contributed by atoms with E-state index in [0.717, 1.165) is 24.3 Å². The number of aryl methyl sites for hydroxylation is 1. The van der Waals surface area contributed by atoms with Crippen molar-refractivity contribution < 1.29 is 14.2 Å². The summed E-state index contributed by atoms with van der Waals surface area (Å²) in [5, 5.41) is 4.06. The maximum absolute atomic E-state index is 6.32. The van der Waals surface area contributed by atoms with Crippen molar-refractivity contribution >= 4 is 11.6 Å². The molecule has 136 valence electrons. The third kappa shape index (κ3) is 5.55. The van der Waals surface area contributed by atoms with Gasteiger partial charge in [-0.05, 0) is 37.1 Å². The first-order chi connectivity index (χ1) is 12.1. The van der Waals surface area contributed by atoms with Gasteiger partial charge >= 0.3 is 0 Å². The summed E-state index contributed by atoms with van der Waals surface area (Å²) in [5.74, 6) is 2.19. The van der Waals surface area contributed by atoms with Gasteiger partial charge in [0, 0.05) is 24.2 Å². The van der Waals surface area contributed by atoms with Gasteiger partial charge in [0.1, 0.15) is 11.9 Å². The summed E-state index contributed by atoms with van der Waals surface area (Å²) in [5.41, 5.74) is 2.19. The van der Waals surface area contributed by atoms with Gasteiger partial charge < -0.3 is 19.5 Å². The fraction of sp³-hybridized carbons (Fsp3) is 0.400. The third-order valence-corrected chi connectivity index (χ3v) is 4.37. The SMILES string of the molecule is CCC(CNCc1cc(OC)c(OC)cc1Cl)Oc1ccc(C)cc1. The summed E-state index contributed by atoms with van der Waals surface area (Å²) in [7, 11) is 3.21. The summed E-state index contributed by atoms with van der Waals surface area (Å²) >= 11 is 6.32. The van der Waals surface area contributed by atoms with E-state index >= 15 is 0 Å². The smallest absolute Gasteiger partial charge is 0.162 e. The number of nitrogens with one attached hydrogen (secondary N) is 1. The van der Waals surface area contributed by atoms with E-state index in [9.17, 15) is 0 Å². The van der Waals surface area contributed by atoms with Crippen molar-refractivity contribution in [3.05, 3.63) is 52.5 Å². The van der Waals surface area contributed by atoms with Crippen LogP contribution in [-0.2, 0) is 6.54 Å². The van der Waals surface area contributed by atoms with Crippen molar-refractivity contribution in [3.63, 3.8) is 0 Å². The van der Waals surface area contributed by atoms with Crippen LogP contribution >= 0.6 is 11.6 Å². The molecule has 0 aliphatic carbocycles. The van der Waals surface area contributed by atoms with Gasteiger partial charge in [0.2, 0.25) is 0 Å². The molecule has 1 unspecified atom stereocenters. The zero-order chi connectivity index (χ0) is 18.2. The average molecular weight is 364 g/mol. The Morgan fingerprint density at radius 2 is 1.68 bits per heavy atom. The van der Waals surface area contributed by atoms with Gasteiger partial charge in [0.15, 0.2) is 11.5 Å². The van der Waals surface area contributed by atoms with E-state index in [2.05, 4.69) is 31.3 Å². The molecule has 1 atom stereocenters. The fourth-order valence-corrected chi connectivity index (χ4v) is 2.70. The lowest BCUT2D eigenvalue weighted by atomic mass is 10.2. The molecule has 0 aliphatic rings. The summed E-state index contributed by atoms with van der Waals surface area (Å²) < 4.78 is 16.6. The van der Waals surface area contributed by atoms with Crippen LogP contribution in [0.5, 0.6) is 17.2 Å². The first-order valence-corrected chi connectivity index (χ1v) is 8.79. The second-order valence-electron chi connectivity index (χ2n) is 5.89. The number of benzene rings is 2. The van der Waals surface area contributed by atoms with Crippen molar-refractivity contribution in [2.24, 2.45) is 0 Å². The minimum Gasteiger partial charge on any atom is -0.493 e. The lowest BCUT2D eigenvalue weighted by Gasteiger charge is -2.19. The largest absolute Gasteiger partial charge is 0.493 e. The molecule has 2 rings (SSSR count). The molecule has 0 heterocycles. The van der Waals surface area contributed by atoms with Crippen LogP contribution in [0.15, 0.2) is 36.4 Å². The molecule has 1 N–H and O–H groups in total. The first-order valence-electron chi connectivity index (χ1n) is 8.41. The zero-order valence-corrected chi connectivity index (χ0v) is 16.0. The molecule has 0 spiro atoms. The van der Waals surface area contributed by atoms with E-state index < -0.39 is 0 Å². The Morgan fingerprint density at radius 1 is 1.04 bits per heavy atom. The van der Waals surface area contributed by atoms with Crippen LogP contribution < -0.4 is 19.5 Å². The molecule has 0 fully saturated rings. The van der Waals surface area contributed by atoms with E-state index in [4.69, 9.17) is 25.8 Å². The summed E-state index contributed by atoms with van der Waals surface area (Å²) in [4.78, 5) is 0. The molecule has 5 heteroatoms. The van der Waals surface area contributed by atoms with Crippen LogP contribution in [0.2, 0.25) is 5.02 Å². The van der Waals surface area contributed by atoms with Crippen molar-refractivity contribution in [3.8, 4) is 17.2 Å². The Morgan fingerprint density at radius 3 is 2.28 bits per heavy atom. The minimum absolute atomic E-state index is 0.0987. The summed E-state index contributed by atoms with van der Waals surface area (Å²) in [6.07, 6.45) is 1.02.